The van der Waals surface area contributed by atoms with E-state index < -0.39 is 0 Å². The number of aryl methyl sites for hydroxylation is 1. The van der Waals surface area contributed by atoms with Crippen molar-refractivity contribution in [2.45, 2.75) is 6.54 Å². The van der Waals surface area contributed by atoms with E-state index in [2.05, 4.69) is 20.7 Å². The quantitative estimate of drug-likeness (QED) is 0.667. The van der Waals surface area contributed by atoms with E-state index in [0.29, 0.717) is 17.9 Å². The SMILES string of the molecule is Cn1ccnc1-c1cccc(NC(=O)Nc2cnn(CCO)c2)c1. The molecule has 0 bridgehead atoms. The zero-order valence-corrected chi connectivity index (χ0v) is 13.2. The van der Waals surface area contributed by atoms with Gasteiger partial charge in [0.15, 0.2) is 0 Å². The smallest absolute Gasteiger partial charge is 0.323 e. The van der Waals surface area contributed by atoms with Gasteiger partial charge in [-0.25, -0.2) is 9.78 Å². The summed E-state index contributed by atoms with van der Waals surface area (Å²) in [5, 5.41) is 18.4. The number of benzene rings is 1. The molecule has 0 aliphatic heterocycles. The van der Waals surface area contributed by atoms with Crippen molar-refractivity contribution >= 4 is 17.4 Å². The fourth-order valence-electron chi connectivity index (χ4n) is 2.33. The fraction of sp³-hybridized carbons (Fsp3) is 0.188. The monoisotopic (exact) mass is 326 g/mol. The first-order valence-electron chi connectivity index (χ1n) is 7.45. The summed E-state index contributed by atoms with van der Waals surface area (Å²) in [4.78, 5) is 16.4. The Labute approximate surface area is 138 Å². The lowest BCUT2D eigenvalue weighted by Gasteiger charge is -2.08. The highest BCUT2D eigenvalue weighted by Crippen LogP contribution is 2.20. The molecule has 3 N–H and O–H groups in total. The Kier molecular flexibility index (Phi) is 4.57. The molecule has 2 heterocycles. The lowest BCUT2D eigenvalue weighted by molar-refractivity contribution is 0.262. The van der Waals surface area contributed by atoms with E-state index in [0.717, 1.165) is 11.4 Å². The molecule has 0 atom stereocenters. The lowest BCUT2D eigenvalue weighted by atomic mass is 10.2. The van der Waals surface area contributed by atoms with Crippen molar-refractivity contribution in [2.75, 3.05) is 17.2 Å². The summed E-state index contributed by atoms with van der Waals surface area (Å²) in [6, 6.07) is 7.09. The number of carbonyl (C=O) groups is 1. The van der Waals surface area contributed by atoms with Gasteiger partial charge in [-0.2, -0.15) is 5.10 Å². The summed E-state index contributed by atoms with van der Waals surface area (Å²) in [5.41, 5.74) is 2.13. The van der Waals surface area contributed by atoms with Gasteiger partial charge in [-0.05, 0) is 12.1 Å². The van der Waals surface area contributed by atoms with Crippen molar-refractivity contribution in [1.82, 2.24) is 19.3 Å². The predicted molar refractivity (Wildman–Crippen MR) is 90.6 cm³/mol. The zero-order chi connectivity index (χ0) is 16.9. The Bertz CT molecular complexity index is 838. The third-order valence-corrected chi connectivity index (χ3v) is 3.42. The van der Waals surface area contributed by atoms with Crippen molar-refractivity contribution in [2.24, 2.45) is 7.05 Å². The fourth-order valence-corrected chi connectivity index (χ4v) is 2.33. The van der Waals surface area contributed by atoms with Gasteiger partial charge < -0.3 is 20.3 Å². The number of urea groups is 1. The standard InChI is InChI=1S/C16H18N6O2/c1-21-6-5-17-15(21)12-3-2-4-13(9-12)19-16(24)20-14-10-18-22(11-14)7-8-23/h2-6,9-11,23H,7-8H2,1H3,(H2,19,20,24). The molecule has 0 unspecified atom stereocenters. The predicted octanol–water partition coefficient (Wildman–Crippen LogP) is 1.92. The number of rotatable bonds is 5. The molecule has 2 aromatic heterocycles. The number of aliphatic hydroxyl groups is 1. The van der Waals surface area contributed by atoms with Crippen molar-refractivity contribution in [1.29, 1.82) is 0 Å². The Morgan fingerprint density at radius 2 is 2.12 bits per heavy atom. The van der Waals surface area contributed by atoms with Gasteiger partial charge in [-0.15, -0.1) is 0 Å². The van der Waals surface area contributed by atoms with E-state index in [1.165, 1.54) is 6.20 Å². The molecule has 2 amide bonds. The Balaban J connectivity index is 1.67. The van der Waals surface area contributed by atoms with Gasteiger partial charge >= 0.3 is 6.03 Å². The van der Waals surface area contributed by atoms with Crippen LogP contribution in [0.25, 0.3) is 11.4 Å². The molecule has 24 heavy (non-hydrogen) atoms. The first-order chi connectivity index (χ1) is 11.7. The highest BCUT2D eigenvalue weighted by atomic mass is 16.3. The Morgan fingerprint density at radius 3 is 2.88 bits per heavy atom. The van der Waals surface area contributed by atoms with Gasteiger partial charge in [0.2, 0.25) is 0 Å². The second-order valence-electron chi connectivity index (χ2n) is 5.24. The summed E-state index contributed by atoms with van der Waals surface area (Å²) in [5.74, 6) is 0.823. The molecule has 3 rings (SSSR count). The number of nitrogens with zero attached hydrogens (tertiary/aromatic N) is 4. The van der Waals surface area contributed by atoms with Crippen molar-refractivity contribution in [3.05, 3.63) is 49.1 Å². The molecule has 0 fully saturated rings. The highest BCUT2D eigenvalue weighted by molar-refractivity contribution is 5.99. The van der Waals surface area contributed by atoms with Gasteiger partial charge in [0.25, 0.3) is 0 Å². The van der Waals surface area contributed by atoms with Gasteiger partial charge in [-0.1, -0.05) is 12.1 Å². The van der Waals surface area contributed by atoms with Crippen LogP contribution in [0.2, 0.25) is 0 Å². The highest BCUT2D eigenvalue weighted by Gasteiger charge is 2.07. The summed E-state index contributed by atoms with van der Waals surface area (Å²) in [7, 11) is 1.92. The number of nitrogens with one attached hydrogen (secondary N) is 2. The molecule has 0 aliphatic carbocycles. The van der Waals surface area contributed by atoms with Crippen LogP contribution in [-0.2, 0) is 13.6 Å². The van der Waals surface area contributed by atoms with Crippen LogP contribution in [0.1, 0.15) is 0 Å². The molecule has 1 aromatic carbocycles. The van der Waals surface area contributed by atoms with E-state index in [1.807, 2.05) is 36.0 Å². The van der Waals surface area contributed by atoms with Crippen molar-refractivity contribution in [3.8, 4) is 11.4 Å². The van der Waals surface area contributed by atoms with Crippen molar-refractivity contribution in [3.63, 3.8) is 0 Å². The van der Waals surface area contributed by atoms with E-state index >= 15 is 0 Å². The van der Waals surface area contributed by atoms with Crippen LogP contribution in [0.4, 0.5) is 16.2 Å². The van der Waals surface area contributed by atoms with E-state index in [9.17, 15) is 4.79 Å². The number of hydrogen-bond acceptors (Lipinski definition) is 4. The maximum Gasteiger partial charge on any atom is 0.323 e. The molecule has 0 aliphatic rings. The average Bonchev–Trinajstić information content (AvgIpc) is 3.17. The molecule has 0 spiro atoms. The topological polar surface area (TPSA) is 97.0 Å². The number of amides is 2. The molecule has 0 radical (unpaired) electrons. The van der Waals surface area contributed by atoms with Crippen LogP contribution in [0.3, 0.4) is 0 Å². The second-order valence-corrected chi connectivity index (χ2v) is 5.24. The number of anilines is 2. The largest absolute Gasteiger partial charge is 0.394 e. The molecule has 0 saturated heterocycles. The minimum atomic E-state index is -0.365. The molecule has 0 saturated carbocycles. The third kappa shape index (κ3) is 3.61. The van der Waals surface area contributed by atoms with Crippen molar-refractivity contribution < 1.29 is 9.90 Å². The normalized spacial score (nSPS) is 10.6. The van der Waals surface area contributed by atoms with Gasteiger partial charge in [0, 0.05) is 36.9 Å². The summed E-state index contributed by atoms with van der Waals surface area (Å²) < 4.78 is 3.46. The summed E-state index contributed by atoms with van der Waals surface area (Å²) in [6.07, 6.45) is 6.78. The van der Waals surface area contributed by atoms with E-state index in [4.69, 9.17) is 5.11 Å². The number of aliphatic hydroxyl groups excluding tert-OH is 1. The van der Waals surface area contributed by atoms with Crippen LogP contribution in [0, 0.1) is 0 Å². The molecule has 124 valence electrons. The molecule has 8 heteroatoms. The van der Waals surface area contributed by atoms with Crippen LogP contribution in [0.15, 0.2) is 49.1 Å². The average molecular weight is 326 g/mol. The Morgan fingerprint density at radius 1 is 1.29 bits per heavy atom. The van der Waals surface area contributed by atoms with Crippen LogP contribution < -0.4 is 10.6 Å². The molecule has 3 aromatic rings. The number of carbonyl (C=O) groups excluding carboxylic acids is 1. The first kappa shape index (κ1) is 15.8. The number of hydrogen-bond donors (Lipinski definition) is 3. The maximum absolute atomic E-state index is 12.1. The van der Waals surface area contributed by atoms with Crippen LogP contribution >= 0.6 is 0 Å². The Hall–Kier alpha value is -3.13. The van der Waals surface area contributed by atoms with Gasteiger partial charge in [0.05, 0.1) is 25.0 Å². The third-order valence-electron chi connectivity index (χ3n) is 3.42. The van der Waals surface area contributed by atoms with E-state index in [-0.39, 0.29) is 12.6 Å². The first-order valence-corrected chi connectivity index (χ1v) is 7.45. The van der Waals surface area contributed by atoms with E-state index in [1.54, 1.807) is 23.1 Å². The molecular weight excluding hydrogens is 308 g/mol. The lowest BCUT2D eigenvalue weighted by Crippen LogP contribution is -2.19. The molecule has 8 nitrogen and oxygen atoms in total. The summed E-state index contributed by atoms with van der Waals surface area (Å²) in [6.45, 7) is 0.377. The minimum absolute atomic E-state index is 0.00665. The van der Waals surface area contributed by atoms with Crippen LogP contribution in [0.5, 0.6) is 0 Å². The maximum atomic E-state index is 12.1. The summed E-state index contributed by atoms with van der Waals surface area (Å²) >= 11 is 0. The van der Waals surface area contributed by atoms with Gasteiger partial charge in [0.1, 0.15) is 5.82 Å². The zero-order valence-electron chi connectivity index (χ0n) is 13.2. The molecular formula is C16H18N6O2. The number of imidazole rings is 1. The number of aromatic nitrogens is 4. The van der Waals surface area contributed by atoms with Crippen LogP contribution in [-0.4, -0.2) is 37.1 Å². The second kappa shape index (κ2) is 6.97. The van der Waals surface area contributed by atoms with Gasteiger partial charge in [-0.3, -0.25) is 4.68 Å². The minimum Gasteiger partial charge on any atom is -0.394 e.